The lowest BCUT2D eigenvalue weighted by Gasteiger charge is -2.37. The first-order chi connectivity index (χ1) is 11.8. The summed E-state index contributed by atoms with van der Waals surface area (Å²) in [5.74, 6) is 0. The van der Waals surface area contributed by atoms with Gasteiger partial charge in [-0.15, -0.1) is 0 Å². The number of rotatable bonds is 17. The molecule has 0 fully saturated rings. The molecule has 0 radical (unpaired) electrons. The van der Waals surface area contributed by atoms with Crippen molar-refractivity contribution in [3.05, 3.63) is 0 Å². The van der Waals surface area contributed by atoms with E-state index < -0.39 is 18.3 Å². The van der Waals surface area contributed by atoms with Crippen LogP contribution in [0.25, 0.3) is 0 Å². The third-order valence-electron chi connectivity index (χ3n) is 5.10. The van der Waals surface area contributed by atoms with E-state index in [9.17, 15) is 15.3 Å². The molecular weight excluding hydrogens is 314 g/mol. The average Bonchev–Trinajstić information content (AvgIpc) is 2.47. The van der Waals surface area contributed by atoms with Gasteiger partial charge in [0.15, 0.2) is 0 Å². The second kappa shape index (κ2) is 15.0. The Morgan fingerprint density at radius 2 is 0.920 bits per heavy atom. The van der Waals surface area contributed by atoms with Crippen LogP contribution in [0.5, 0.6) is 0 Å². The van der Waals surface area contributed by atoms with Gasteiger partial charge in [-0.05, 0) is 64.8 Å². The van der Waals surface area contributed by atoms with Crippen LogP contribution >= 0.6 is 0 Å². The number of unbranched alkanes of at least 4 members (excludes halogenated alkanes) is 8. The van der Waals surface area contributed by atoms with Crippen molar-refractivity contribution >= 4 is 0 Å². The third kappa shape index (κ3) is 14.7. The molecule has 0 bridgehead atoms. The summed E-state index contributed by atoms with van der Waals surface area (Å²) in [6.45, 7) is 6.24. The van der Waals surface area contributed by atoms with Gasteiger partial charge in [-0.2, -0.15) is 0 Å². The van der Waals surface area contributed by atoms with Crippen LogP contribution in [0.3, 0.4) is 0 Å². The fourth-order valence-corrected chi connectivity index (χ4v) is 4.32. The average molecular weight is 360 g/mol. The Morgan fingerprint density at radius 3 is 1.24 bits per heavy atom. The molecule has 0 rings (SSSR count). The fraction of sp³-hybridized carbons (Fsp3) is 1.00. The zero-order valence-corrected chi connectivity index (χ0v) is 17.1. The molecule has 4 heteroatoms. The molecule has 0 aromatic carbocycles. The minimum absolute atomic E-state index is 0.154. The Morgan fingerprint density at radius 1 is 0.600 bits per heavy atom. The van der Waals surface area contributed by atoms with Gasteiger partial charge in [0, 0.05) is 0 Å². The highest BCUT2D eigenvalue weighted by atomic mass is 16.3. The minimum atomic E-state index is -0.397. The topological polar surface area (TPSA) is 86.7 Å². The van der Waals surface area contributed by atoms with Gasteiger partial charge in [-0.25, -0.2) is 0 Å². The van der Waals surface area contributed by atoms with E-state index in [1.54, 1.807) is 0 Å². The van der Waals surface area contributed by atoms with E-state index in [0.717, 1.165) is 25.8 Å². The molecule has 0 aromatic heterocycles. The van der Waals surface area contributed by atoms with Crippen molar-refractivity contribution in [2.75, 3.05) is 6.54 Å². The van der Waals surface area contributed by atoms with Crippen molar-refractivity contribution in [1.82, 2.24) is 0 Å². The smallest absolute Gasteiger partial charge is 0.0517 e. The summed E-state index contributed by atoms with van der Waals surface area (Å²) in [5.41, 5.74) is 5.35. The lowest BCUT2D eigenvalue weighted by molar-refractivity contribution is 0.0154. The molecule has 25 heavy (non-hydrogen) atoms. The van der Waals surface area contributed by atoms with Gasteiger partial charge in [-0.1, -0.05) is 51.4 Å². The molecule has 3 unspecified atom stereocenters. The van der Waals surface area contributed by atoms with Crippen molar-refractivity contribution in [2.45, 2.75) is 123 Å². The Bertz CT molecular complexity index is 266. The van der Waals surface area contributed by atoms with E-state index in [4.69, 9.17) is 5.73 Å². The lowest BCUT2D eigenvalue weighted by Crippen LogP contribution is -2.32. The molecule has 0 aliphatic heterocycles. The quantitative estimate of drug-likeness (QED) is 0.294. The highest BCUT2D eigenvalue weighted by Gasteiger charge is 2.33. The number of aliphatic hydroxyl groups excluding tert-OH is 3. The molecule has 5 N–H and O–H groups in total. The Kier molecular flexibility index (Phi) is 14.9. The summed E-state index contributed by atoms with van der Waals surface area (Å²) >= 11 is 0. The standard InChI is InChI=1S/C21H45NO3/c1-18(23)15-21(16-19(2)24,17-20(3)25)13-11-9-7-5-4-6-8-10-12-14-22/h18-20,23-25H,4-17,22H2,1-3H3. The van der Waals surface area contributed by atoms with Crippen LogP contribution in [0, 0.1) is 5.41 Å². The second-order valence-electron chi connectivity index (χ2n) is 8.38. The highest BCUT2D eigenvalue weighted by Crippen LogP contribution is 2.40. The number of hydrogen-bond donors (Lipinski definition) is 4. The van der Waals surface area contributed by atoms with Gasteiger partial charge >= 0.3 is 0 Å². The number of hydrogen-bond acceptors (Lipinski definition) is 4. The van der Waals surface area contributed by atoms with Crippen LogP contribution in [-0.2, 0) is 0 Å². The molecule has 0 spiro atoms. The van der Waals surface area contributed by atoms with E-state index >= 15 is 0 Å². The van der Waals surface area contributed by atoms with E-state index in [-0.39, 0.29) is 5.41 Å². The molecule has 152 valence electrons. The zero-order valence-electron chi connectivity index (χ0n) is 17.1. The van der Waals surface area contributed by atoms with Crippen molar-refractivity contribution < 1.29 is 15.3 Å². The number of nitrogens with two attached hydrogens (primary N) is 1. The Balaban J connectivity index is 4.15. The Hall–Kier alpha value is -0.160. The van der Waals surface area contributed by atoms with Gasteiger partial charge in [0.1, 0.15) is 0 Å². The molecule has 0 saturated carbocycles. The SMILES string of the molecule is CC(O)CC(CCCCCCCCCCCN)(CC(C)O)CC(C)O. The minimum Gasteiger partial charge on any atom is -0.393 e. The summed E-state index contributed by atoms with van der Waals surface area (Å²) in [6.07, 6.45) is 12.9. The van der Waals surface area contributed by atoms with Crippen LogP contribution in [0.15, 0.2) is 0 Å². The third-order valence-corrected chi connectivity index (χ3v) is 5.10. The second-order valence-corrected chi connectivity index (χ2v) is 8.38. The first-order valence-corrected chi connectivity index (χ1v) is 10.6. The van der Waals surface area contributed by atoms with Crippen LogP contribution in [0.2, 0.25) is 0 Å². The van der Waals surface area contributed by atoms with Crippen LogP contribution in [-0.4, -0.2) is 40.2 Å². The summed E-state index contributed by atoms with van der Waals surface area (Å²) in [5, 5.41) is 29.7. The summed E-state index contributed by atoms with van der Waals surface area (Å²) in [4.78, 5) is 0. The maximum atomic E-state index is 9.90. The van der Waals surface area contributed by atoms with E-state index in [1.165, 1.54) is 44.9 Å². The molecule has 3 atom stereocenters. The summed E-state index contributed by atoms with van der Waals surface area (Å²) < 4.78 is 0. The molecule has 4 nitrogen and oxygen atoms in total. The van der Waals surface area contributed by atoms with Crippen molar-refractivity contribution in [2.24, 2.45) is 11.1 Å². The van der Waals surface area contributed by atoms with Gasteiger partial charge in [0.25, 0.3) is 0 Å². The monoisotopic (exact) mass is 359 g/mol. The first kappa shape index (κ1) is 24.8. The highest BCUT2D eigenvalue weighted by molar-refractivity contribution is 4.85. The first-order valence-electron chi connectivity index (χ1n) is 10.6. The normalized spacial score (nSPS) is 17.9. The van der Waals surface area contributed by atoms with Crippen molar-refractivity contribution in [3.8, 4) is 0 Å². The molecular formula is C21H45NO3. The predicted octanol–water partition coefficient (Wildman–Crippen LogP) is 4.15. The van der Waals surface area contributed by atoms with Crippen molar-refractivity contribution in [3.63, 3.8) is 0 Å². The zero-order chi connectivity index (χ0) is 19.1. The summed E-state index contributed by atoms with van der Waals surface area (Å²) in [6, 6.07) is 0. The van der Waals surface area contributed by atoms with Gasteiger partial charge in [0.2, 0.25) is 0 Å². The molecule has 0 aromatic rings. The maximum absolute atomic E-state index is 9.90. The van der Waals surface area contributed by atoms with Gasteiger partial charge in [0.05, 0.1) is 18.3 Å². The molecule has 0 aliphatic carbocycles. The fourth-order valence-electron chi connectivity index (χ4n) is 4.32. The van der Waals surface area contributed by atoms with E-state index in [1.807, 2.05) is 20.8 Å². The molecule has 0 saturated heterocycles. The summed E-state index contributed by atoms with van der Waals surface area (Å²) in [7, 11) is 0. The number of aliphatic hydroxyl groups is 3. The van der Waals surface area contributed by atoms with E-state index in [0.29, 0.717) is 19.3 Å². The van der Waals surface area contributed by atoms with Crippen LogP contribution in [0.1, 0.15) is 104 Å². The largest absolute Gasteiger partial charge is 0.393 e. The van der Waals surface area contributed by atoms with Crippen LogP contribution < -0.4 is 5.73 Å². The maximum Gasteiger partial charge on any atom is 0.0517 e. The molecule has 0 aliphatic rings. The molecule has 0 heterocycles. The predicted molar refractivity (Wildman–Crippen MR) is 107 cm³/mol. The van der Waals surface area contributed by atoms with Gasteiger partial charge < -0.3 is 21.1 Å². The lowest BCUT2D eigenvalue weighted by atomic mass is 9.70. The Labute approximate surface area is 156 Å². The van der Waals surface area contributed by atoms with Crippen LogP contribution in [0.4, 0.5) is 0 Å². The molecule has 0 amide bonds. The van der Waals surface area contributed by atoms with Crippen molar-refractivity contribution in [1.29, 1.82) is 0 Å². The van der Waals surface area contributed by atoms with E-state index in [2.05, 4.69) is 0 Å². The van der Waals surface area contributed by atoms with Gasteiger partial charge in [-0.3, -0.25) is 0 Å².